The van der Waals surface area contributed by atoms with Crippen LogP contribution in [0.4, 0.5) is 0 Å². The number of hydrogen-bond donors (Lipinski definition) is 2. The Balaban J connectivity index is 2.12. The molecule has 1 saturated heterocycles. The first-order valence-electron chi connectivity index (χ1n) is 7.22. The summed E-state index contributed by atoms with van der Waals surface area (Å²) < 4.78 is 0. The molecule has 0 aromatic heterocycles. The molecule has 19 heavy (non-hydrogen) atoms. The average Bonchev–Trinajstić information content (AvgIpc) is 2.37. The van der Waals surface area contributed by atoms with Gasteiger partial charge in [0.15, 0.2) is 0 Å². The highest BCUT2D eigenvalue weighted by Gasteiger charge is 2.26. The fraction of sp³-hybridized carbons (Fsp3) is 0.857. The zero-order valence-electron chi connectivity index (χ0n) is 12.0. The number of nitrogens with zero attached hydrogens (tertiary/aromatic N) is 1. The van der Waals surface area contributed by atoms with Crippen LogP contribution in [0.5, 0.6) is 0 Å². The van der Waals surface area contributed by atoms with Crippen LogP contribution < -0.4 is 5.32 Å². The summed E-state index contributed by atoms with van der Waals surface area (Å²) in [6, 6.07) is 0. The number of carbonyl (C=O) groups is 2. The molecule has 0 radical (unpaired) electrons. The monoisotopic (exact) mass is 270 g/mol. The van der Waals surface area contributed by atoms with Crippen molar-refractivity contribution in [1.29, 1.82) is 0 Å². The zero-order chi connectivity index (χ0) is 14.3. The van der Waals surface area contributed by atoms with Gasteiger partial charge in [-0.1, -0.05) is 13.8 Å². The third kappa shape index (κ3) is 6.05. The summed E-state index contributed by atoms with van der Waals surface area (Å²) in [6.45, 7) is 6.77. The number of carbonyl (C=O) groups excluding carboxylic acids is 1. The van der Waals surface area contributed by atoms with Crippen molar-refractivity contribution in [3.05, 3.63) is 0 Å². The van der Waals surface area contributed by atoms with E-state index in [-0.39, 0.29) is 11.8 Å². The summed E-state index contributed by atoms with van der Waals surface area (Å²) in [5.74, 6) is -0.220. The van der Waals surface area contributed by atoms with Crippen molar-refractivity contribution >= 4 is 11.9 Å². The lowest BCUT2D eigenvalue weighted by atomic mass is 9.97. The summed E-state index contributed by atoms with van der Waals surface area (Å²) in [4.78, 5) is 24.5. The summed E-state index contributed by atoms with van der Waals surface area (Å²) in [5, 5.41) is 12.1. The Morgan fingerprint density at radius 1 is 1.32 bits per heavy atom. The number of hydrogen-bond acceptors (Lipinski definition) is 3. The molecule has 110 valence electrons. The first-order chi connectivity index (χ1) is 9.00. The second-order valence-corrected chi connectivity index (χ2v) is 5.71. The van der Waals surface area contributed by atoms with Crippen molar-refractivity contribution in [3.8, 4) is 0 Å². The molecular formula is C14H26N2O3. The highest BCUT2D eigenvalue weighted by Crippen LogP contribution is 2.17. The van der Waals surface area contributed by atoms with E-state index >= 15 is 0 Å². The summed E-state index contributed by atoms with van der Waals surface area (Å²) in [7, 11) is 0. The van der Waals surface area contributed by atoms with Gasteiger partial charge in [-0.25, -0.2) is 0 Å². The van der Waals surface area contributed by atoms with Gasteiger partial charge in [0.05, 0.1) is 12.5 Å². The topological polar surface area (TPSA) is 69.6 Å². The highest BCUT2D eigenvalue weighted by molar-refractivity contribution is 5.78. The molecule has 0 bridgehead atoms. The smallest absolute Gasteiger partial charge is 0.306 e. The lowest BCUT2D eigenvalue weighted by molar-refractivity contribution is -0.145. The fourth-order valence-corrected chi connectivity index (χ4v) is 2.32. The Kier molecular flexibility index (Phi) is 6.84. The van der Waals surface area contributed by atoms with Crippen molar-refractivity contribution < 1.29 is 14.7 Å². The van der Waals surface area contributed by atoms with Crippen LogP contribution in [0.25, 0.3) is 0 Å². The van der Waals surface area contributed by atoms with Crippen LogP contribution in [0.2, 0.25) is 0 Å². The minimum atomic E-state index is -0.737. The molecule has 1 fully saturated rings. The molecule has 1 aliphatic rings. The van der Waals surface area contributed by atoms with Crippen molar-refractivity contribution in [3.63, 3.8) is 0 Å². The molecule has 0 aliphatic carbocycles. The van der Waals surface area contributed by atoms with E-state index in [4.69, 9.17) is 5.11 Å². The molecular weight excluding hydrogens is 244 g/mol. The molecule has 0 spiro atoms. The number of carboxylic acids is 1. The number of piperidine rings is 1. The van der Waals surface area contributed by atoms with Gasteiger partial charge in [0.2, 0.25) is 5.91 Å². The van der Waals surface area contributed by atoms with Crippen LogP contribution in [-0.2, 0) is 9.59 Å². The molecule has 5 nitrogen and oxygen atoms in total. The SMILES string of the molecule is CC(C)CCCNCC(=O)N1CCC(C(=O)O)CC1. The molecule has 0 aromatic rings. The third-order valence-electron chi connectivity index (χ3n) is 3.61. The molecule has 1 heterocycles. The maximum atomic E-state index is 11.9. The van der Waals surface area contributed by atoms with E-state index < -0.39 is 5.97 Å². The quantitative estimate of drug-likeness (QED) is 0.685. The standard InChI is InChI=1S/C14H26N2O3/c1-11(2)4-3-7-15-10-13(17)16-8-5-12(6-9-16)14(18)19/h11-12,15H,3-10H2,1-2H3,(H,18,19). The Bertz CT molecular complexity index is 297. The van der Waals surface area contributed by atoms with Crippen LogP contribution in [-0.4, -0.2) is 48.1 Å². The minimum Gasteiger partial charge on any atom is -0.481 e. The van der Waals surface area contributed by atoms with Gasteiger partial charge in [-0.3, -0.25) is 9.59 Å². The number of aliphatic carboxylic acids is 1. The second-order valence-electron chi connectivity index (χ2n) is 5.71. The Morgan fingerprint density at radius 2 is 1.95 bits per heavy atom. The second kappa shape index (κ2) is 8.15. The maximum absolute atomic E-state index is 11.9. The summed E-state index contributed by atoms with van der Waals surface area (Å²) >= 11 is 0. The lowest BCUT2D eigenvalue weighted by Gasteiger charge is -2.30. The number of carboxylic acid groups (broad SMARTS) is 1. The fourth-order valence-electron chi connectivity index (χ4n) is 2.32. The van der Waals surface area contributed by atoms with Crippen LogP contribution in [0.3, 0.4) is 0 Å². The van der Waals surface area contributed by atoms with Crippen molar-refractivity contribution in [2.75, 3.05) is 26.2 Å². The first kappa shape index (κ1) is 16.0. The number of likely N-dealkylation sites (tertiary alicyclic amines) is 1. The molecule has 1 aliphatic heterocycles. The van der Waals surface area contributed by atoms with Gasteiger partial charge in [-0.15, -0.1) is 0 Å². The van der Waals surface area contributed by atoms with Crippen molar-refractivity contribution in [2.45, 2.75) is 39.5 Å². The van der Waals surface area contributed by atoms with E-state index in [0.29, 0.717) is 38.4 Å². The molecule has 0 aromatic carbocycles. The van der Waals surface area contributed by atoms with Crippen LogP contribution >= 0.6 is 0 Å². The van der Waals surface area contributed by atoms with Gasteiger partial charge >= 0.3 is 5.97 Å². The Morgan fingerprint density at radius 3 is 2.47 bits per heavy atom. The Hall–Kier alpha value is -1.10. The van der Waals surface area contributed by atoms with Crippen molar-refractivity contribution in [2.24, 2.45) is 11.8 Å². The largest absolute Gasteiger partial charge is 0.481 e. The van der Waals surface area contributed by atoms with E-state index in [9.17, 15) is 9.59 Å². The third-order valence-corrected chi connectivity index (χ3v) is 3.61. The predicted molar refractivity (Wildman–Crippen MR) is 73.9 cm³/mol. The maximum Gasteiger partial charge on any atom is 0.306 e. The van der Waals surface area contributed by atoms with E-state index in [1.165, 1.54) is 6.42 Å². The molecule has 5 heteroatoms. The van der Waals surface area contributed by atoms with E-state index in [1.54, 1.807) is 4.90 Å². The van der Waals surface area contributed by atoms with Crippen LogP contribution in [0, 0.1) is 11.8 Å². The van der Waals surface area contributed by atoms with Crippen LogP contribution in [0.15, 0.2) is 0 Å². The predicted octanol–water partition coefficient (Wildman–Crippen LogP) is 1.34. The Labute approximate surface area is 115 Å². The summed E-state index contributed by atoms with van der Waals surface area (Å²) in [5.41, 5.74) is 0. The number of amides is 1. The highest BCUT2D eigenvalue weighted by atomic mass is 16.4. The minimum absolute atomic E-state index is 0.0911. The summed E-state index contributed by atoms with van der Waals surface area (Å²) in [6.07, 6.45) is 3.42. The van der Waals surface area contributed by atoms with E-state index in [0.717, 1.165) is 13.0 Å². The molecule has 2 N–H and O–H groups in total. The van der Waals surface area contributed by atoms with Gasteiger partial charge < -0.3 is 15.3 Å². The molecule has 0 saturated carbocycles. The lowest BCUT2D eigenvalue weighted by Crippen LogP contribution is -2.44. The molecule has 1 rings (SSSR count). The van der Waals surface area contributed by atoms with Gasteiger partial charge in [0.1, 0.15) is 0 Å². The molecule has 0 atom stereocenters. The van der Waals surface area contributed by atoms with Gasteiger partial charge in [-0.2, -0.15) is 0 Å². The van der Waals surface area contributed by atoms with Gasteiger partial charge in [-0.05, 0) is 38.1 Å². The number of rotatable bonds is 7. The van der Waals surface area contributed by atoms with E-state index in [2.05, 4.69) is 19.2 Å². The molecule has 1 amide bonds. The van der Waals surface area contributed by atoms with E-state index in [1.807, 2.05) is 0 Å². The van der Waals surface area contributed by atoms with Gasteiger partial charge in [0, 0.05) is 13.1 Å². The average molecular weight is 270 g/mol. The number of nitrogens with one attached hydrogen (secondary N) is 1. The first-order valence-corrected chi connectivity index (χ1v) is 7.22. The normalized spacial score (nSPS) is 16.9. The van der Waals surface area contributed by atoms with Crippen molar-refractivity contribution in [1.82, 2.24) is 10.2 Å². The molecule has 0 unspecified atom stereocenters. The zero-order valence-corrected chi connectivity index (χ0v) is 12.0. The van der Waals surface area contributed by atoms with Gasteiger partial charge in [0.25, 0.3) is 0 Å². The van der Waals surface area contributed by atoms with Crippen LogP contribution in [0.1, 0.15) is 39.5 Å².